The number of nitrogens with zero attached hydrogens (tertiary/aromatic N) is 1. The number of para-hydroxylation sites is 1. The summed E-state index contributed by atoms with van der Waals surface area (Å²) in [5.41, 5.74) is 1.25. The molecule has 0 spiro atoms. The van der Waals surface area contributed by atoms with E-state index in [1.165, 1.54) is 13.2 Å². The third kappa shape index (κ3) is 2.64. The summed E-state index contributed by atoms with van der Waals surface area (Å²) < 4.78 is 6.90. The normalized spacial score (nSPS) is 10.3. The lowest BCUT2D eigenvalue weighted by Gasteiger charge is -2.12. The molecule has 0 saturated carbocycles. The predicted octanol–water partition coefficient (Wildman–Crippen LogP) is 4.80. The van der Waals surface area contributed by atoms with Crippen molar-refractivity contribution in [3.8, 4) is 16.9 Å². The number of nitro benzene ring substituents is 1. The van der Waals surface area contributed by atoms with Gasteiger partial charge in [-0.3, -0.25) is 10.1 Å². The van der Waals surface area contributed by atoms with Gasteiger partial charge < -0.3 is 4.74 Å². The van der Waals surface area contributed by atoms with Crippen molar-refractivity contribution in [2.45, 2.75) is 0 Å². The number of ether oxygens (including phenoxy) is 1. The fraction of sp³-hybridized carbons (Fsp3) is 0.0769. The van der Waals surface area contributed by atoms with Crippen LogP contribution >= 0.6 is 31.9 Å². The maximum atomic E-state index is 11.1. The van der Waals surface area contributed by atoms with E-state index in [1.54, 1.807) is 24.3 Å². The Balaban J connectivity index is 2.73. The highest BCUT2D eigenvalue weighted by molar-refractivity contribution is 9.13. The molecule has 4 nitrogen and oxygen atoms in total. The van der Waals surface area contributed by atoms with Crippen molar-refractivity contribution in [3.05, 3.63) is 55.5 Å². The van der Waals surface area contributed by atoms with Gasteiger partial charge in [-0.05, 0) is 50.1 Å². The largest absolute Gasteiger partial charge is 0.495 e. The van der Waals surface area contributed by atoms with Gasteiger partial charge in [-0.1, -0.05) is 12.1 Å². The Bertz CT molecular complexity index is 644. The highest BCUT2D eigenvalue weighted by Crippen LogP contribution is 2.43. The van der Waals surface area contributed by atoms with Crippen molar-refractivity contribution in [2.75, 3.05) is 7.11 Å². The molecule has 2 aromatic rings. The molecular formula is C13H9Br2NO3. The van der Waals surface area contributed by atoms with Gasteiger partial charge in [-0.15, -0.1) is 0 Å². The number of methoxy groups -OCH3 is 1. The van der Waals surface area contributed by atoms with E-state index in [-0.39, 0.29) is 5.69 Å². The fourth-order valence-corrected chi connectivity index (χ4v) is 2.62. The topological polar surface area (TPSA) is 52.4 Å². The van der Waals surface area contributed by atoms with Crippen LogP contribution in [0.3, 0.4) is 0 Å². The number of halogens is 2. The lowest BCUT2D eigenvalue weighted by Crippen LogP contribution is -1.95. The minimum Gasteiger partial charge on any atom is -0.495 e. The smallest absolute Gasteiger partial charge is 0.277 e. The van der Waals surface area contributed by atoms with Gasteiger partial charge in [0.2, 0.25) is 0 Å². The minimum atomic E-state index is -0.398. The molecule has 6 heteroatoms. The van der Waals surface area contributed by atoms with Gasteiger partial charge >= 0.3 is 0 Å². The summed E-state index contributed by atoms with van der Waals surface area (Å²) in [5.74, 6) is 0.559. The summed E-state index contributed by atoms with van der Waals surface area (Å²) in [5, 5.41) is 11.1. The van der Waals surface area contributed by atoms with Crippen LogP contribution in [0.5, 0.6) is 5.75 Å². The number of hydrogen-bond acceptors (Lipinski definition) is 3. The van der Waals surface area contributed by atoms with E-state index in [1.807, 2.05) is 6.07 Å². The molecule has 0 bridgehead atoms. The lowest BCUT2D eigenvalue weighted by molar-refractivity contribution is -0.384. The van der Waals surface area contributed by atoms with Gasteiger partial charge in [-0.2, -0.15) is 0 Å². The van der Waals surface area contributed by atoms with Gasteiger partial charge in [0.1, 0.15) is 5.75 Å². The first-order valence-corrected chi connectivity index (χ1v) is 6.90. The van der Waals surface area contributed by atoms with Crippen LogP contribution in [0.4, 0.5) is 5.69 Å². The first-order valence-electron chi connectivity index (χ1n) is 5.32. The molecule has 0 aliphatic heterocycles. The second-order valence-corrected chi connectivity index (χ2v) is 5.36. The van der Waals surface area contributed by atoms with E-state index in [0.29, 0.717) is 16.9 Å². The molecule has 0 radical (unpaired) electrons. The zero-order valence-corrected chi connectivity index (χ0v) is 13.1. The molecule has 0 heterocycles. The fourth-order valence-electron chi connectivity index (χ4n) is 1.80. The monoisotopic (exact) mass is 385 g/mol. The second kappa shape index (κ2) is 5.71. The number of hydrogen-bond donors (Lipinski definition) is 0. The van der Waals surface area contributed by atoms with Crippen LogP contribution in [0, 0.1) is 10.1 Å². The zero-order valence-electron chi connectivity index (χ0n) is 9.89. The van der Waals surface area contributed by atoms with Crippen LogP contribution in [0.2, 0.25) is 0 Å². The minimum absolute atomic E-state index is 0.0509. The Morgan fingerprint density at radius 1 is 1.11 bits per heavy atom. The lowest BCUT2D eigenvalue weighted by atomic mass is 10.0. The summed E-state index contributed by atoms with van der Waals surface area (Å²) in [6, 6.07) is 10.2. The van der Waals surface area contributed by atoms with E-state index in [4.69, 9.17) is 4.74 Å². The molecule has 0 saturated heterocycles. The Morgan fingerprint density at radius 3 is 2.42 bits per heavy atom. The molecule has 2 rings (SSSR count). The first-order chi connectivity index (χ1) is 9.06. The van der Waals surface area contributed by atoms with Crippen LogP contribution < -0.4 is 4.74 Å². The Hall–Kier alpha value is -1.40. The predicted molar refractivity (Wildman–Crippen MR) is 80.5 cm³/mol. The van der Waals surface area contributed by atoms with Crippen molar-refractivity contribution in [1.29, 1.82) is 0 Å². The van der Waals surface area contributed by atoms with Crippen molar-refractivity contribution in [3.63, 3.8) is 0 Å². The average molecular weight is 387 g/mol. The van der Waals surface area contributed by atoms with Crippen molar-refractivity contribution in [2.24, 2.45) is 0 Å². The summed E-state index contributed by atoms with van der Waals surface area (Å²) in [4.78, 5) is 10.7. The Morgan fingerprint density at radius 2 is 1.79 bits per heavy atom. The molecule has 0 N–H and O–H groups in total. The van der Waals surface area contributed by atoms with Crippen LogP contribution in [0.25, 0.3) is 11.1 Å². The van der Waals surface area contributed by atoms with Crippen LogP contribution in [0.1, 0.15) is 0 Å². The molecule has 2 aromatic carbocycles. The van der Waals surface area contributed by atoms with Gasteiger partial charge in [0.25, 0.3) is 5.69 Å². The highest BCUT2D eigenvalue weighted by Gasteiger charge is 2.19. The maximum Gasteiger partial charge on any atom is 0.277 e. The standard InChI is InChI=1S/C13H9Br2NO3/c1-19-13-9(6-7-10(14)12(13)15)8-4-2-3-5-11(8)16(17)18/h2-7H,1H3. The summed E-state index contributed by atoms with van der Waals surface area (Å²) >= 11 is 6.79. The van der Waals surface area contributed by atoms with Gasteiger partial charge in [-0.25, -0.2) is 0 Å². The molecule has 98 valence electrons. The van der Waals surface area contributed by atoms with Crippen molar-refractivity contribution >= 4 is 37.5 Å². The van der Waals surface area contributed by atoms with Crippen molar-refractivity contribution < 1.29 is 9.66 Å². The summed E-state index contributed by atoms with van der Waals surface area (Å²) in [6.07, 6.45) is 0. The van der Waals surface area contributed by atoms with E-state index in [9.17, 15) is 10.1 Å². The van der Waals surface area contributed by atoms with Gasteiger partial charge in [0, 0.05) is 16.1 Å². The van der Waals surface area contributed by atoms with Crippen LogP contribution in [-0.4, -0.2) is 12.0 Å². The van der Waals surface area contributed by atoms with Crippen LogP contribution in [0.15, 0.2) is 45.3 Å². The van der Waals surface area contributed by atoms with Gasteiger partial charge in [0.05, 0.1) is 22.1 Å². The number of rotatable bonds is 3. The molecule has 0 aliphatic carbocycles. The second-order valence-electron chi connectivity index (χ2n) is 3.72. The molecule has 0 atom stereocenters. The molecule has 0 aromatic heterocycles. The Kier molecular flexibility index (Phi) is 4.21. The van der Waals surface area contributed by atoms with Crippen LogP contribution in [-0.2, 0) is 0 Å². The third-order valence-corrected chi connectivity index (χ3v) is 4.63. The van der Waals surface area contributed by atoms with E-state index >= 15 is 0 Å². The maximum absolute atomic E-state index is 11.1. The molecule has 0 fully saturated rings. The third-order valence-electron chi connectivity index (χ3n) is 2.65. The number of nitro groups is 1. The average Bonchev–Trinajstić information content (AvgIpc) is 2.41. The summed E-state index contributed by atoms with van der Waals surface area (Å²) in [6.45, 7) is 0. The molecule has 19 heavy (non-hydrogen) atoms. The zero-order chi connectivity index (χ0) is 14.0. The molecular weight excluding hydrogens is 378 g/mol. The highest BCUT2D eigenvalue weighted by atomic mass is 79.9. The summed E-state index contributed by atoms with van der Waals surface area (Å²) in [7, 11) is 1.53. The van der Waals surface area contributed by atoms with Crippen molar-refractivity contribution in [1.82, 2.24) is 0 Å². The van der Waals surface area contributed by atoms with E-state index in [2.05, 4.69) is 31.9 Å². The van der Waals surface area contributed by atoms with E-state index in [0.717, 1.165) is 8.95 Å². The SMILES string of the molecule is COc1c(-c2ccccc2[N+](=O)[O-])ccc(Br)c1Br. The molecule has 0 unspecified atom stereocenters. The van der Waals surface area contributed by atoms with Gasteiger partial charge in [0.15, 0.2) is 0 Å². The quantitative estimate of drug-likeness (QED) is 0.562. The van der Waals surface area contributed by atoms with E-state index < -0.39 is 4.92 Å². The molecule has 0 aliphatic rings. The number of benzene rings is 2. The first kappa shape index (κ1) is 14.0. The molecule has 0 amide bonds. The Labute approximate surface area is 126 Å².